The van der Waals surface area contributed by atoms with Gasteiger partial charge in [-0.1, -0.05) is 44.0 Å². The van der Waals surface area contributed by atoms with Crippen molar-refractivity contribution < 1.29 is 4.74 Å². The second-order valence-corrected chi connectivity index (χ2v) is 6.14. The summed E-state index contributed by atoms with van der Waals surface area (Å²) in [7, 11) is 1.67. The van der Waals surface area contributed by atoms with E-state index in [-0.39, 0.29) is 6.04 Å². The van der Waals surface area contributed by atoms with E-state index in [0.29, 0.717) is 0 Å². The van der Waals surface area contributed by atoms with Crippen molar-refractivity contribution in [3.05, 3.63) is 62.0 Å². The first-order valence-corrected chi connectivity index (χ1v) is 7.46. The van der Waals surface area contributed by atoms with E-state index in [4.69, 9.17) is 10.5 Å². The third-order valence-corrected chi connectivity index (χ3v) is 4.29. The molecule has 0 radical (unpaired) electrons. The number of methoxy groups -OCH3 is 1. The molecule has 2 aromatic carbocycles. The number of halogens is 2. The minimum Gasteiger partial charge on any atom is -0.497 e. The lowest BCUT2D eigenvalue weighted by Gasteiger charge is -2.17. The Labute approximate surface area is 130 Å². The first-order chi connectivity index (χ1) is 9.02. The van der Waals surface area contributed by atoms with Crippen molar-refractivity contribution in [2.45, 2.75) is 13.0 Å². The highest BCUT2D eigenvalue weighted by atomic mass is 79.9. The lowest BCUT2D eigenvalue weighted by Crippen LogP contribution is -2.14. The monoisotopic (exact) mass is 383 g/mol. The molecule has 0 saturated carbocycles. The lowest BCUT2D eigenvalue weighted by atomic mass is 9.96. The van der Waals surface area contributed by atoms with Crippen LogP contribution in [-0.2, 0) is 0 Å². The molecule has 0 fully saturated rings. The van der Waals surface area contributed by atoms with Crippen LogP contribution < -0.4 is 10.5 Å². The first-order valence-electron chi connectivity index (χ1n) is 5.88. The maximum absolute atomic E-state index is 6.37. The summed E-state index contributed by atoms with van der Waals surface area (Å²) in [6.07, 6.45) is 0. The van der Waals surface area contributed by atoms with Gasteiger partial charge in [0.05, 0.1) is 13.2 Å². The van der Waals surface area contributed by atoms with Gasteiger partial charge in [0.25, 0.3) is 0 Å². The number of ether oxygens (including phenoxy) is 1. The Morgan fingerprint density at radius 3 is 2.32 bits per heavy atom. The number of aryl methyl sites for hydroxylation is 1. The Bertz CT molecular complexity index is 599. The molecule has 2 rings (SSSR count). The summed E-state index contributed by atoms with van der Waals surface area (Å²) in [6.45, 7) is 2.05. The third-order valence-electron chi connectivity index (χ3n) is 3.11. The van der Waals surface area contributed by atoms with Crippen LogP contribution in [0.1, 0.15) is 22.7 Å². The number of rotatable bonds is 3. The highest BCUT2D eigenvalue weighted by Gasteiger charge is 2.15. The summed E-state index contributed by atoms with van der Waals surface area (Å²) in [5.41, 5.74) is 9.67. The average Bonchev–Trinajstić information content (AvgIpc) is 2.37. The van der Waals surface area contributed by atoms with Gasteiger partial charge in [-0.25, -0.2) is 0 Å². The SMILES string of the molecule is COc1ccc(C(N)c2ccc(Br)cc2Br)c(C)c1. The molecule has 0 aliphatic heterocycles. The Hall–Kier alpha value is -0.840. The molecule has 0 bridgehead atoms. The molecular weight excluding hydrogens is 370 g/mol. The molecule has 4 heteroatoms. The van der Waals surface area contributed by atoms with Crippen LogP contribution in [0.5, 0.6) is 5.75 Å². The van der Waals surface area contributed by atoms with Gasteiger partial charge < -0.3 is 10.5 Å². The molecule has 0 amide bonds. The highest BCUT2D eigenvalue weighted by molar-refractivity contribution is 9.11. The fourth-order valence-corrected chi connectivity index (χ4v) is 3.34. The average molecular weight is 385 g/mol. The fraction of sp³-hybridized carbons (Fsp3) is 0.200. The van der Waals surface area contributed by atoms with E-state index in [1.54, 1.807) is 7.11 Å². The third kappa shape index (κ3) is 3.19. The van der Waals surface area contributed by atoms with Gasteiger partial charge in [-0.15, -0.1) is 0 Å². The van der Waals surface area contributed by atoms with Crippen LogP contribution in [0.25, 0.3) is 0 Å². The molecule has 1 unspecified atom stereocenters. The Morgan fingerprint density at radius 1 is 1.05 bits per heavy atom. The molecule has 0 aliphatic carbocycles. The topological polar surface area (TPSA) is 35.2 Å². The standard InChI is InChI=1S/C15H15Br2NO/c1-9-7-11(19-2)4-6-12(9)15(18)13-5-3-10(16)8-14(13)17/h3-8,15H,18H2,1-2H3. The summed E-state index contributed by atoms with van der Waals surface area (Å²) in [5, 5.41) is 0. The molecular formula is C15H15Br2NO. The Morgan fingerprint density at radius 2 is 1.74 bits per heavy atom. The van der Waals surface area contributed by atoms with E-state index in [1.807, 2.05) is 43.3 Å². The van der Waals surface area contributed by atoms with Crippen LogP contribution in [0, 0.1) is 6.92 Å². The van der Waals surface area contributed by atoms with Crippen molar-refractivity contribution in [2.24, 2.45) is 5.73 Å². The zero-order chi connectivity index (χ0) is 14.0. The summed E-state index contributed by atoms with van der Waals surface area (Å²) in [6, 6.07) is 11.8. The molecule has 2 nitrogen and oxygen atoms in total. The van der Waals surface area contributed by atoms with Crippen molar-refractivity contribution >= 4 is 31.9 Å². The number of nitrogens with two attached hydrogens (primary N) is 1. The van der Waals surface area contributed by atoms with Crippen LogP contribution in [0.15, 0.2) is 45.3 Å². The molecule has 0 aromatic heterocycles. The van der Waals surface area contributed by atoms with Crippen molar-refractivity contribution in [3.63, 3.8) is 0 Å². The predicted octanol–water partition coefficient (Wildman–Crippen LogP) is 4.58. The van der Waals surface area contributed by atoms with Crippen molar-refractivity contribution in [1.82, 2.24) is 0 Å². The van der Waals surface area contributed by atoms with Crippen LogP contribution >= 0.6 is 31.9 Å². The van der Waals surface area contributed by atoms with Gasteiger partial charge in [0.15, 0.2) is 0 Å². The van der Waals surface area contributed by atoms with Gasteiger partial charge in [-0.05, 0) is 47.9 Å². The second kappa shape index (κ2) is 6.07. The molecule has 1 atom stereocenters. The molecule has 0 aliphatic rings. The van der Waals surface area contributed by atoms with Gasteiger partial charge in [0.2, 0.25) is 0 Å². The quantitative estimate of drug-likeness (QED) is 0.840. The van der Waals surface area contributed by atoms with Crippen LogP contribution in [0.3, 0.4) is 0 Å². The van der Waals surface area contributed by atoms with E-state index < -0.39 is 0 Å². The molecule has 0 heterocycles. The minimum atomic E-state index is -0.159. The molecule has 2 N–H and O–H groups in total. The predicted molar refractivity (Wildman–Crippen MR) is 85.6 cm³/mol. The van der Waals surface area contributed by atoms with E-state index in [2.05, 4.69) is 31.9 Å². The summed E-state index contributed by atoms with van der Waals surface area (Å²) < 4.78 is 7.25. The molecule has 0 saturated heterocycles. The van der Waals surface area contributed by atoms with Crippen molar-refractivity contribution in [3.8, 4) is 5.75 Å². The van der Waals surface area contributed by atoms with Crippen LogP contribution in [0.4, 0.5) is 0 Å². The summed E-state index contributed by atoms with van der Waals surface area (Å²) in [4.78, 5) is 0. The molecule has 19 heavy (non-hydrogen) atoms. The van der Waals surface area contributed by atoms with Gasteiger partial charge in [-0.2, -0.15) is 0 Å². The fourth-order valence-electron chi connectivity index (χ4n) is 2.05. The van der Waals surface area contributed by atoms with Crippen LogP contribution in [0.2, 0.25) is 0 Å². The Kier molecular flexibility index (Phi) is 4.66. The van der Waals surface area contributed by atoms with Gasteiger partial charge in [0, 0.05) is 8.95 Å². The number of hydrogen-bond acceptors (Lipinski definition) is 2. The first kappa shape index (κ1) is 14.6. The summed E-state index contributed by atoms with van der Waals surface area (Å²) >= 11 is 7.01. The summed E-state index contributed by atoms with van der Waals surface area (Å²) in [5.74, 6) is 0.850. The minimum absolute atomic E-state index is 0.159. The van der Waals surface area contributed by atoms with E-state index in [1.165, 1.54) is 0 Å². The van der Waals surface area contributed by atoms with Gasteiger partial charge in [-0.3, -0.25) is 0 Å². The number of benzene rings is 2. The van der Waals surface area contributed by atoms with Crippen molar-refractivity contribution in [1.29, 1.82) is 0 Å². The van der Waals surface area contributed by atoms with Crippen LogP contribution in [-0.4, -0.2) is 7.11 Å². The second-order valence-electron chi connectivity index (χ2n) is 4.37. The van der Waals surface area contributed by atoms with E-state index >= 15 is 0 Å². The Balaban J connectivity index is 2.41. The maximum atomic E-state index is 6.37. The highest BCUT2D eigenvalue weighted by Crippen LogP contribution is 2.31. The molecule has 0 spiro atoms. The normalized spacial score (nSPS) is 12.3. The zero-order valence-electron chi connectivity index (χ0n) is 10.8. The maximum Gasteiger partial charge on any atom is 0.119 e. The van der Waals surface area contributed by atoms with E-state index in [0.717, 1.165) is 31.4 Å². The van der Waals surface area contributed by atoms with Gasteiger partial charge in [0.1, 0.15) is 5.75 Å². The largest absolute Gasteiger partial charge is 0.497 e. The smallest absolute Gasteiger partial charge is 0.119 e. The number of hydrogen-bond donors (Lipinski definition) is 1. The molecule has 2 aromatic rings. The molecule has 100 valence electrons. The van der Waals surface area contributed by atoms with Gasteiger partial charge >= 0.3 is 0 Å². The van der Waals surface area contributed by atoms with Crippen molar-refractivity contribution in [2.75, 3.05) is 7.11 Å². The zero-order valence-corrected chi connectivity index (χ0v) is 14.0. The van der Waals surface area contributed by atoms with E-state index in [9.17, 15) is 0 Å². The lowest BCUT2D eigenvalue weighted by molar-refractivity contribution is 0.414.